The Morgan fingerprint density at radius 2 is 2.00 bits per heavy atom. The molecule has 1 N–H and O–H groups in total. The summed E-state index contributed by atoms with van der Waals surface area (Å²) in [5.41, 5.74) is 1.09. The lowest BCUT2D eigenvalue weighted by Crippen LogP contribution is -2.11. The van der Waals surface area contributed by atoms with Gasteiger partial charge in [-0.15, -0.1) is 12.3 Å². The molecule has 0 aliphatic carbocycles. The molecule has 0 bridgehead atoms. The van der Waals surface area contributed by atoms with Crippen LogP contribution >= 0.6 is 0 Å². The summed E-state index contributed by atoms with van der Waals surface area (Å²) < 4.78 is 4.85. The maximum atomic E-state index is 11.4. The molecule has 94 valence electrons. The molecular weight excluding hydrogens is 230 g/mol. The van der Waals surface area contributed by atoms with E-state index in [1.165, 1.54) is 0 Å². The van der Waals surface area contributed by atoms with E-state index in [1.807, 2.05) is 0 Å². The minimum Gasteiger partial charge on any atom is -0.462 e. The van der Waals surface area contributed by atoms with Crippen molar-refractivity contribution in [2.24, 2.45) is 0 Å². The summed E-state index contributed by atoms with van der Waals surface area (Å²) in [4.78, 5) is 22.8. The van der Waals surface area contributed by atoms with E-state index < -0.39 is 0 Å². The molecule has 0 radical (unpaired) electrons. The third-order valence-electron chi connectivity index (χ3n) is 2.18. The number of terminal acetylenes is 1. The Kier molecular flexibility index (Phi) is 5.46. The average Bonchev–Trinajstić information content (AvgIpc) is 2.37. The second kappa shape index (κ2) is 7.13. The first-order valence-electron chi connectivity index (χ1n) is 5.68. The maximum Gasteiger partial charge on any atom is 0.338 e. The van der Waals surface area contributed by atoms with Gasteiger partial charge in [0.1, 0.15) is 0 Å². The molecule has 0 aliphatic heterocycles. The number of carbonyl (C=O) groups excluding carboxylic acids is 2. The Hall–Kier alpha value is -2.28. The Balaban J connectivity index is 2.58. The van der Waals surface area contributed by atoms with E-state index in [0.29, 0.717) is 24.3 Å². The van der Waals surface area contributed by atoms with Gasteiger partial charge in [-0.2, -0.15) is 0 Å². The van der Waals surface area contributed by atoms with Gasteiger partial charge < -0.3 is 10.1 Å². The molecule has 0 unspecified atom stereocenters. The highest BCUT2D eigenvalue weighted by Crippen LogP contribution is 2.11. The largest absolute Gasteiger partial charge is 0.462 e. The summed E-state index contributed by atoms with van der Waals surface area (Å²) in [6.45, 7) is 2.08. The number of carbonyl (C=O) groups is 2. The van der Waals surface area contributed by atoms with Gasteiger partial charge in [-0.1, -0.05) is 0 Å². The van der Waals surface area contributed by atoms with Gasteiger partial charge in [-0.3, -0.25) is 4.79 Å². The van der Waals surface area contributed by atoms with Crippen LogP contribution in [-0.2, 0) is 9.53 Å². The molecule has 0 fully saturated rings. The van der Waals surface area contributed by atoms with Crippen molar-refractivity contribution in [1.29, 1.82) is 0 Å². The molecule has 4 heteroatoms. The summed E-state index contributed by atoms with van der Waals surface area (Å²) in [5, 5.41) is 2.69. The second-order valence-corrected chi connectivity index (χ2v) is 3.55. The fraction of sp³-hybridized carbons (Fsp3) is 0.286. The van der Waals surface area contributed by atoms with Crippen LogP contribution in [0.25, 0.3) is 0 Å². The van der Waals surface area contributed by atoms with Gasteiger partial charge in [0.05, 0.1) is 12.2 Å². The Bertz CT molecular complexity index is 457. The van der Waals surface area contributed by atoms with Crippen molar-refractivity contribution in [3.8, 4) is 12.3 Å². The predicted molar refractivity (Wildman–Crippen MR) is 69.1 cm³/mol. The van der Waals surface area contributed by atoms with E-state index in [9.17, 15) is 9.59 Å². The standard InChI is InChI=1S/C14H15NO3/c1-3-5-6-13(16)15-12-9-7-11(8-10-12)14(17)18-4-2/h1,7-10H,4-6H2,2H3,(H,15,16). The van der Waals surface area contributed by atoms with Gasteiger partial charge in [0.2, 0.25) is 5.91 Å². The van der Waals surface area contributed by atoms with Crippen molar-refractivity contribution in [3.05, 3.63) is 29.8 Å². The second-order valence-electron chi connectivity index (χ2n) is 3.55. The third-order valence-corrected chi connectivity index (χ3v) is 2.18. The van der Waals surface area contributed by atoms with E-state index in [2.05, 4.69) is 11.2 Å². The van der Waals surface area contributed by atoms with Gasteiger partial charge in [0.25, 0.3) is 0 Å². The monoisotopic (exact) mass is 245 g/mol. The third kappa shape index (κ3) is 4.30. The van der Waals surface area contributed by atoms with Crippen LogP contribution in [0, 0.1) is 12.3 Å². The average molecular weight is 245 g/mol. The summed E-state index contributed by atoms with van der Waals surface area (Å²) in [7, 11) is 0. The SMILES string of the molecule is C#CCCC(=O)Nc1ccc(C(=O)OCC)cc1. The minimum atomic E-state index is -0.372. The lowest BCUT2D eigenvalue weighted by atomic mass is 10.2. The van der Waals surface area contributed by atoms with Gasteiger partial charge in [0.15, 0.2) is 0 Å². The number of hydrogen-bond acceptors (Lipinski definition) is 3. The highest BCUT2D eigenvalue weighted by molar-refractivity contribution is 5.93. The Morgan fingerprint density at radius 3 is 2.56 bits per heavy atom. The first kappa shape index (κ1) is 13.8. The lowest BCUT2D eigenvalue weighted by Gasteiger charge is -2.05. The molecule has 0 saturated heterocycles. The van der Waals surface area contributed by atoms with Crippen LogP contribution in [-0.4, -0.2) is 18.5 Å². The van der Waals surface area contributed by atoms with Crippen molar-refractivity contribution in [2.45, 2.75) is 19.8 Å². The van der Waals surface area contributed by atoms with Crippen molar-refractivity contribution < 1.29 is 14.3 Å². The highest BCUT2D eigenvalue weighted by Gasteiger charge is 2.06. The van der Waals surface area contributed by atoms with Crippen LogP contribution in [0.4, 0.5) is 5.69 Å². The molecule has 1 aromatic rings. The van der Waals surface area contributed by atoms with E-state index >= 15 is 0 Å². The quantitative estimate of drug-likeness (QED) is 0.639. The fourth-order valence-corrected chi connectivity index (χ4v) is 1.31. The van der Waals surface area contributed by atoms with Gasteiger partial charge >= 0.3 is 5.97 Å². The minimum absolute atomic E-state index is 0.142. The lowest BCUT2D eigenvalue weighted by molar-refractivity contribution is -0.116. The van der Waals surface area contributed by atoms with Crippen LogP contribution in [0.15, 0.2) is 24.3 Å². The Labute approximate surface area is 106 Å². The molecular formula is C14H15NO3. The van der Waals surface area contributed by atoms with Crippen molar-refractivity contribution in [3.63, 3.8) is 0 Å². The van der Waals surface area contributed by atoms with Crippen molar-refractivity contribution in [2.75, 3.05) is 11.9 Å². The van der Waals surface area contributed by atoms with Gasteiger partial charge in [0, 0.05) is 18.5 Å². The number of benzene rings is 1. The molecule has 1 rings (SSSR count). The molecule has 0 heterocycles. The zero-order valence-electron chi connectivity index (χ0n) is 10.2. The van der Waals surface area contributed by atoms with Crippen LogP contribution in [0.1, 0.15) is 30.1 Å². The Morgan fingerprint density at radius 1 is 1.33 bits per heavy atom. The summed E-state index contributed by atoms with van der Waals surface area (Å²) in [6.07, 6.45) is 5.77. The number of nitrogens with one attached hydrogen (secondary N) is 1. The first-order valence-corrected chi connectivity index (χ1v) is 5.68. The number of amides is 1. The number of anilines is 1. The van der Waals surface area contributed by atoms with Crippen molar-refractivity contribution >= 4 is 17.6 Å². The molecule has 0 saturated carbocycles. The van der Waals surface area contributed by atoms with Gasteiger partial charge in [-0.05, 0) is 31.2 Å². The summed E-state index contributed by atoms with van der Waals surface area (Å²) in [6, 6.07) is 6.52. The number of hydrogen-bond donors (Lipinski definition) is 1. The van der Waals surface area contributed by atoms with E-state index in [1.54, 1.807) is 31.2 Å². The van der Waals surface area contributed by atoms with Crippen LogP contribution in [0.5, 0.6) is 0 Å². The number of esters is 1. The molecule has 4 nitrogen and oxygen atoms in total. The highest BCUT2D eigenvalue weighted by atomic mass is 16.5. The number of rotatable bonds is 5. The zero-order chi connectivity index (χ0) is 13.4. The van der Waals surface area contributed by atoms with E-state index in [4.69, 9.17) is 11.2 Å². The molecule has 0 aliphatic rings. The molecule has 0 aromatic heterocycles. The number of ether oxygens (including phenoxy) is 1. The van der Waals surface area contributed by atoms with E-state index in [0.717, 1.165) is 0 Å². The normalized spacial score (nSPS) is 9.33. The van der Waals surface area contributed by atoms with Crippen LogP contribution in [0.2, 0.25) is 0 Å². The fourth-order valence-electron chi connectivity index (χ4n) is 1.31. The van der Waals surface area contributed by atoms with Crippen molar-refractivity contribution in [1.82, 2.24) is 0 Å². The predicted octanol–water partition coefficient (Wildman–Crippen LogP) is 2.22. The van der Waals surface area contributed by atoms with Gasteiger partial charge in [-0.25, -0.2) is 4.79 Å². The molecule has 1 aromatic carbocycles. The topological polar surface area (TPSA) is 55.4 Å². The van der Waals surface area contributed by atoms with Crippen LogP contribution in [0.3, 0.4) is 0 Å². The summed E-state index contributed by atoms with van der Waals surface area (Å²) in [5.74, 6) is 1.89. The molecule has 0 spiro atoms. The first-order chi connectivity index (χ1) is 8.67. The molecule has 18 heavy (non-hydrogen) atoms. The molecule has 1 amide bonds. The maximum absolute atomic E-state index is 11.4. The molecule has 0 atom stereocenters. The van der Waals surface area contributed by atoms with Crippen LogP contribution < -0.4 is 5.32 Å². The summed E-state index contributed by atoms with van der Waals surface area (Å²) >= 11 is 0. The van der Waals surface area contributed by atoms with E-state index in [-0.39, 0.29) is 18.3 Å². The smallest absolute Gasteiger partial charge is 0.338 e. The zero-order valence-corrected chi connectivity index (χ0v) is 10.2.